The zero-order chi connectivity index (χ0) is 17.7. The van der Waals surface area contributed by atoms with Gasteiger partial charge in [0.2, 0.25) is 0 Å². The summed E-state index contributed by atoms with van der Waals surface area (Å²) in [5, 5.41) is 3.19. The Kier molecular flexibility index (Phi) is 11.8. The fraction of sp³-hybridized carbons (Fsp3) is 0.455. The van der Waals surface area contributed by atoms with Gasteiger partial charge in [-0.25, -0.2) is 0 Å². The molecule has 0 saturated heterocycles. The van der Waals surface area contributed by atoms with Crippen LogP contribution in [0, 0.1) is 0 Å². The van der Waals surface area contributed by atoms with Gasteiger partial charge in [-0.1, -0.05) is 56.4 Å². The van der Waals surface area contributed by atoms with Gasteiger partial charge in [-0.05, 0) is 69.7 Å². The Morgan fingerprint density at radius 1 is 1.09 bits per heavy atom. The molecular formula is C22H35N. The second kappa shape index (κ2) is 12.8. The molecule has 0 amide bonds. The summed E-state index contributed by atoms with van der Waals surface area (Å²) in [5.74, 6) is 0. The summed E-state index contributed by atoms with van der Waals surface area (Å²) >= 11 is 0. The molecule has 1 N–H and O–H groups in total. The van der Waals surface area contributed by atoms with E-state index < -0.39 is 0 Å². The molecule has 0 atom stereocenters. The van der Waals surface area contributed by atoms with Crippen molar-refractivity contribution in [3.05, 3.63) is 72.2 Å². The number of unbranched alkanes of at least 4 members (excludes halogenated alkanes) is 1. The molecule has 0 unspecified atom stereocenters. The average molecular weight is 314 g/mol. The normalized spacial score (nSPS) is 13.0. The van der Waals surface area contributed by atoms with Gasteiger partial charge in [0.25, 0.3) is 0 Å². The molecule has 0 aromatic carbocycles. The Morgan fingerprint density at radius 3 is 2.35 bits per heavy atom. The van der Waals surface area contributed by atoms with Crippen LogP contribution in [-0.4, -0.2) is 0 Å². The molecule has 0 aromatic rings. The lowest BCUT2D eigenvalue weighted by Crippen LogP contribution is -2.01. The number of hydrogen-bond acceptors (Lipinski definition) is 1. The van der Waals surface area contributed by atoms with Crippen molar-refractivity contribution in [2.75, 3.05) is 0 Å². The van der Waals surface area contributed by atoms with Crippen LogP contribution >= 0.6 is 0 Å². The molecule has 1 nitrogen and oxygen atoms in total. The van der Waals surface area contributed by atoms with Crippen molar-refractivity contribution in [3.8, 4) is 0 Å². The smallest absolute Gasteiger partial charge is 0.00705 e. The second-order valence-corrected chi connectivity index (χ2v) is 5.96. The minimum atomic E-state index is 0.956. The van der Waals surface area contributed by atoms with Crippen molar-refractivity contribution in [2.24, 2.45) is 0 Å². The third-order valence-corrected chi connectivity index (χ3v) is 4.08. The van der Waals surface area contributed by atoms with E-state index in [1.807, 2.05) is 12.3 Å². The zero-order valence-corrected chi connectivity index (χ0v) is 15.7. The number of allylic oxidation sites excluding steroid dienone is 8. The Bertz CT molecular complexity index is 486. The minimum absolute atomic E-state index is 0.956. The molecule has 0 aliphatic rings. The average Bonchev–Trinajstić information content (AvgIpc) is 2.55. The quantitative estimate of drug-likeness (QED) is 0.232. The monoisotopic (exact) mass is 313 g/mol. The van der Waals surface area contributed by atoms with Crippen LogP contribution in [-0.2, 0) is 0 Å². The highest BCUT2D eigenvalue weighted by atomic mass is 14.8. The summed E-state index contributed by atoms with van der Waals surface area (Å²) < 4.78 is 0. The van der Waals surface area contributed by atoms with Crippen molar-refractivity contribution >= 4 is 0 Å². The van der Waals surface area contributed by atoms with E-state index in [4.69, 9.17) is 0 Å². The van der Waals surface area contributed by atoms with Gasteiger partial charge in [0.1, 0.15) is 0 Å². The van der Waals surface area contributed by atoms with Crippen LogP contribution in [0.3, 0.4) is 0 Å². The van der Waals surface area contributed by atoms with Crippen LogP contribution in [0.25, 0.3) is 0 Å². The van der Waals surface area contributed by atoms with Gasteiger partial charge < -0.3 is 5.32 Å². The maximum atomic E-state index is 4.13. The van der Waals surface area contributed by atoms with E-state index in [1.165, 1.54) is 22.3 Å². The summed E-state index contributed by atoms with van der Waals surface area (Å²) in [5.41, 5.74) is 6.37. The lowest BCUT2D eigenvalue weighted by Gasteiger charge is -2.09. The summed E-state index contributed by atoms with van der Waals surface area (Å²) in [6.45, 7) is 20.5. The standard InChI is InChI=1S/C22H35N/c1-8-14-22(17-19(5)21(7)18(4)9-2)15-12-11-13-16-23-20(6)10-3/h8,13,16-17,23H,1,4,6,9-12,14-15H2,2-3,5,7H3/b16-13+,21-19+,22-17+. The van der Waals surface area contributed by atoms with Gasteiger partial charge in [0.05, 0.1) is 0 Å². The van der Waals surface area contributed by atoms with Crippen LogP contribution in [0.1, 0.15) is 66.2 Å². The minimum Gasteiger partial charge on any atom is -0.366 e. The van der Waals surface area contributed by atoms with Gasteiger partial charge in [-0.15, -0.1) is 6.58 Å². The third-order valence-electron chi connectivity index (χ3n) is 4.08. The van der Waals surface area contributed by atoms with Crippen LogP contribution in [0.4, 0.5) is 0 Å². The number of hydrogen-bond donors (Lipinski definition) is 1. The van der Waals surface area contributed by atoms with Crippen molar-refractivity contribution < 1.29 is 0 Å². The predicted octanol–water partition coefficient (Wildman–Crippen LogP) is 6.99. The first-order valence-electron chi connectivity index (χ1n) is 8.71. The van der Waals surface area contributed by atoms with Gasteiger partial charge in [-0.3, -0.25) is 0 Å². The van der Waals surface area contributed by atoms with Gasteiger partial charge >= 0.3 is 0 Å². The van der Waals surface area contributed by atoms with E-state index >= 15 is 0 Å². The van der Waals surface area contributed by atoms with Gasteiger partial charge in [0.15, 0.2) is 0 Å². The second-order valence-electron chi connectivity index (χ2n) is 5.96. The largest absolute Gasteiger partial charge is 0.366 e. The molecule has 23 heavy (non-hydrogen) atoms. The van der Waals surface area contributed by atoms with E-state index in [1.54, 1.807) is 0 Å². The van der Waals surface area contributed by atoms with Crippen molar-refractivity contribution in [3.63, 3.8) is 0 Å². The molecule has 0 rings (SSSR count). The molecule has 0 aliphatic heterocycles. The van der Waals surface area contributed by atoms with Gasteiger partial charge in [-0.2, -0.15) is 0 Å². The highest BCUT2D eigenvalue weighted by molar-refractivity contribution is 5.37. The molecule has 1 heteroatoms. The Morgan fingerprint density at radius 2 is 1.78 bits per heavy atom. The Balaban J connectivity index is 4.58. The van der Waals surface area contributed by atoms with E-state index in [2.05, 4.69) is 64.9 Å². The maximum absolute atomic E-state index is 4.13. The van der Waals surface area contributed by atoms with Crippen LogP contribution in [0.5, 0.6) is 0 Å². The molecular weight excluding hydrogens is 278 g/mol. The van der Waals surface area contributed by atoms with Gasteiger partial charge in [0, 0.05) is 5.70 Å². The van der Waals surface area contributed by atoms with Crippen LogP contribution in [0.2, 0.25) is 0 Å². The molecule has 0 saturated carbocycles. The lowest BCUT2D eigenvalue weighted by molar-refractivity contribution is 0.810. The first-order chi connectivity index (χ1) is 11.0. The Hall–Kier alpha value is -1.76. The van der Waals surface area contributed by atoms with Crippen molar-refractivity contribution in [1.82, 2.24) is 5.32 Å². The summed E-state index contributed by atoms with van der Waals surface area (Å²) in [6, 6.07) is 0. The van der Waals surface area contributed by atoms with E-state index in [0.29, 0.717) is 0 Å². The lowest BCUT2D eigenvalue weighted by atomic mass is 9.97. The van der Waals surface area contributed by atoms with Crippen molar-refractivity contribution in [2.45, 2.75) is 66.2 Å². The summed E-state index contributed by atoms with van der Waals surface area (Å²) in [7, 11) is 0. The number of nitrogens with one attached hydrogen (secondary N) is 1. The Labute approximate surface area is 144 Å². The summed E-state index contributed by atoms with van der Waals surface area (Å²) in [6.07, 6.45) is 14.7. The molecule has 0 aliphatic carbocycles. The molecule has 128 valence electrons. The molecule has 0 spiro atoms. The fourth-order valence-corrected chi connectivity index (χ4v) is 2.19. The topological polar surface area (TPSA) is 12.0 Å². The van der Waals surface area contributed by atoms with Crippen LogP contribution < -0.4 is 5.32 Å². The van der Waals surface area contributed by atoms with Crippen LogP contribution in [0.15, 0.2) is 72.2 Å². The zero-order valence-electron chi connectivity index (χ0n) is 15.7. The molecule has 0 bridgehead atoms. The highest BCUT2D eigenvalue weighted by Crippen LogP contribution is 2.21. The fourth-order valence-electron chi connectivity index (χ4n) is 2.19. The molecule has 0 fully saturated rings. The SMILES string of the molecule is C=CC/C(=C\C(C)=C(/C)C(=C)CC)CCC/C=C/NC(=C)CC. The van der Waals surface area contributed by atoms with E-state index in [0.717, 1.165) is 44.2 Å². The summed E-state index contributed by atoms with van der Waals surface area (Å²) in [4.78, 5) is 0. The molecule has 0 heterocycles. The third kappa shape index (κ3) is 9.78. The van der Waals surface area contributed by atoms with E-state index in [9.17, 15) is 0 Å². The van der Waals surface area contributed by atoms with E-state index in [-0.39, 0.29) is 0 Å². The molecule has 0 aromatic heterocycles. The maximum Gasteiger partial charge on any atom is 0.00705 e. The van der Waals surface area contributed by atoms with Crippen molar-refractivity contribution in [1.29, 1.82) is 0 Å². The molecule has 0 radical (unpaired) electrons. The first kappa shape index (κ1) is 21.2. The highest BCUT2D eigenvalue weighted by Gasteiger charge is 2.01. The predicted molar refractivity (Wildman–Crippen MR) is 106 cm³/mol. The number of rotatable bonds is 12. The first-order valence-corrected chi connectivity index (χ1v) is 8.71.